The van der Waals surface area contributed by atoms with E-state index in [9.17, 15) is 0 Å². The lowest BCUT2D eigenvalue weighted by Crippen LogP contribution is -1.92. The molecule has 2 aromatic rings. The monoisotopic (exact) mass is 233 g/mol. The number of thiazole rings is 1. The Bertz CT molecular complexity index is 447. The van der Waals surface area contributed by atoms with E-state index < -0.39 is 0 Å². The summed E-state index contributed by atoms with van der Waals surface area (Å²) in [6, 6.07) is 8.53. The van der Waals surface area contributed by atoms with Gasteiger partial charge in [-0.3, -0.25) is 0 Å². The van der Waals surface area contributed by atoms with E-state index in [2.05, 4.69) is 36.2 Å². The van der Waals surface area contributed by atoms with E-state index in [1.54, 1.807) is 11.3 Å². The smallest absolute Gasteiger partial charge is 0.0972 e. The standard InChI is InChI=1S/C13H15NOS/c1-10-2-4-11(5-3-10)8-13-14-12(6-7-15)9-16-13/h2-5,9,15H,6-8H2,1H3. The van der Waals surface area contributed by atoms with Crippen LogP contribution < -0.4 is 0 Å². The number of aliphatic hydroxyl groups is 1. The second kappa shape index (κ2) is 5.23. The molecule has 0 radical (unpaired) electrons. The number of nitrogens with zero attached hydrogens (tertiary/aromatic N) is 1. The lowest BCUT2D eigenvalue weighted by molar-refractivity contribution is 0.298. The van der Waals surface area contributed by atoms with Gasteiger partial charge in [0.15, 0.2) is 0 Å². The summed E-state index contributed by atoms with van der Waals surface area (Å²) >= 11 is 1.67. The van der Waals surface area contributed by atoms with Crippen molar-refractivity contribution < 1.29 is 5.11 Å². The third-order valence-corrected chi connectivity index (χ3v) is 3.34. The molecule has 1 aromatic heterocycles. The molecule has 0 aliphatic carbocycles. The molecule has 0 fully saturated rings. The van der Waals surface area contributed by atoms with Crippen molar-refractivity contribution in [2.24, 2.45) is 0 Å². The molecule has 2 nitrogen and oxygen atoms in total. The molecule has 0 saturated carbocycles. The molecular formula is C13H15NOS. The topological polar surface area (TPSA) is 33.1 Å². The van der Waals surface area contributed by atoms with Gasteiger partial charge >= 0.3 is 0 Å². The van der Waals surface area contributed by atoms with E-state index in [1.165, 1.54) is 11.1 Å². The molecule has 0 unspecified atom stereocenters. The zero-order chi connectivity index (χ0) is 11.4. The molecule has 1 aromatic carbocycles. The van der Waals surface area contributed by atoms with Crippen LogP contribution in [0.15, 0.2) is 29.6 Å². The molecule has 2 rings (SSSR count). The number of rotatable bonds is 4. The Kier molecular flexibility index (Phi) is 3.70. The Labute approximate surface area is 99.6 Å². The Morgan fingerprint density at radius 1 is 1.25 bits per heavy atom. The molecule has 84 valence electrons. The Hall–Kier alpha value is -1.19. The van der Waals surface area contributed by atoms with Gasteiger partial charge in [0.25, 0.3) is 0 Å². The van der Waals surface area contributed by atoms with Crippen LogP contribution in [0.1, 0.15) is 21.8 Å². The molecule has 1 N–H and O–H groups in total. The maximum Gasteiger partial charge on any atom is 0.0972 e. The molecule has 0 atom stereocenters. The summed E-state index contributed by atoms with van der Waals surface area (Å²) in [6.07, 6.45) is 1.54. The van der Waals surface area contributed by atoms with E-state index in [0.29, 0.717) is 6.42 Å². The fourth-order valence-corrected chi connectivity index (χ4v) is 2.40. The molecule has 0 spiro atoms. The quantitative estimate of drug-likeness (QED) is 0.880. The van der Waals surface area contributed by atoms with Crippen molar-refractivity contribution in [1.29, 1.82) is 0 Å². The number of aliphatic hydroxyl groups excluding tert-OH is 1. The zero-order valence-electron chi connectivity index (χ0n) is 9.31. The van der Waals surface area contributed by atoms with Gasteiger partial charge in [0, 0.05) is 24.8 Å². The fourth-order valence-electron chi connectivity index (χ4n) is 1.54. The van der Waals surface area contributed by atoms with Crippen molar-refractivity contribution in [1.82, 2.24) is 4.98 Å². The number of hydrogen-bond donors (Lipinski definition) is 1. The molecule has 0 aliphatic rings. The molecule has 1 heterocycles. The van der Waals surface area contributed by atoms with E-state index >= 15 is 0 Å². The summed E-state index contributed by atoms with van der Waals surface area (Å²) in [4.78, 5) is 4.48. The lowest BCUT2D eigenvalue weighted by Gasteiger charge is -1.98. The number of aromatic nitrogens is 1. The van der Waals surface area contributed by atoms with Gasteiger partial charge in [-0.25, -0.2) is 4.98 Å². The predicted octanol–water partition coefficient (Wildman–Crippen LogP) is 2.58. The van der Waals surface area contributed by atoms with Crippen LogP contribution >= 0.6 is 11.3 Å². The number of benzene rings is 1. The molecule has 0 aliphatic heterocycles. The van der Waals surface area contributed by atoms with Gasteiger partial charge < -0.3 is 5.11 Å². The minimum atomic E-state index is 0.174. The summed E-state index contributed by atoms with van der Waals surface area (Å²) in [5, 5.41) is 12.0. The van der Waals surface area contributed by atoms with Gasteiger partial charge in [0.05, 0.1) is 10.7 Å². The highest BCUT2D eigenvalue weighted by Gasteiger charge is 2.02. The van der Waals surface area contributed by atoms with Gasteiger partial charge in [0.2, 0.25) is 0 Å². The van der Waals surface area contributed by atoms with Crippen molar-refractivity contribution in [3.63, 3.8) is 0 Å². The van der Waals surface area contributed by atoms with Gasteiger partial charge in [-0.1, -0.05) is 29.8 Å². The van der Waals surface area contributed by atoms with Crippen LogP contribution in [0.5, 0.6) is 0 Å². The first kappa shape index (κ1) is 11.3. The Morgan fingerprint density at radius 3 is 2.69 bits per heavy atom. The molecular weight excluding hydrogens is 218 g/mol. The highest BCUT2D eigenvalue weighted by molar-refractivity contribution is 7.09. The summed E-state index contributed by atoms with van der Waals surface area (Å²) in [6.45, 7) is 2.26. The first-order valence-electron chi connectivity index (χ1n) is 5.37. The maximum absolute atomic E-state index is 8.81. The molecule has 16 heavy (non-hydrogen) atoms. The number of hydrogen-bond acceptors (Lipinski definition) is 3. The number of aryl methyl sites for hydroxylation is 1. The van der Waals surface area contributed by atoms with Crippen LogP contribution in [0, 0.1) is 6.92 Å². The van der Waals surface area contributed by atoms with Crippen molar-refractivity contribution >= 4 is 11.3 Å². The molecule has 0 amide bonds. The zero-order valence-corrected chi connectivity index (χ0v) is 10.1. The molecule has 0 saturated heterocycles. The van der Waals surface area contributed by atoms with Crippen LogP contribution in [0.4, 0.5) is 0 Å². The molecule has 0 bridgehead atoms. The maximum atomic E-state index is 8.81. The summed E-state index contributed by atoms with van der Waals surface area (Å²) in [5.74, 6) is 0. The van der Waals surface area contributed by atoms with Crippen LogP contribution in [0.25, 0.3) is 0 Å². The molecule has 3 heteroatoms. The summed E-state index contributed by atoms with van der Waals surface area (Å²) < 4.78 is 0. The van der Waals surface area contributed by atoms with Crippen LogP contribution in [-0.2, 0) is 12.8 Å². The van der Waals surface area contributed by atoms with Gasteiger partial charge in [-0.15, -0.1) is 11.3 Å². The predicted molar refractivity (Wildman–Crippen MR) is 66.9 cm³/mol. The average Bonchev–Trinajstić information content (AvgIpc) is 2.70. The minimum Gasteiger partial charge on any atom is -0.396 e. The second-order valence-corrected chi connectivity index (χ2v) is 4.81. The first-order chi connectivity index (χ1) is 7.78. The Balaban J connectivity index is 2.05. The van der Waals surface area contributed by atoms with Crippen LogP contribution in [0.2, 0.25) is 0 Å². The van der Waals surface area contributed by atoms with Gasteiger partial charge in [-0.05, 0) is 12.5 Å². The highest BCUT2D eigenvalue weighted by atomic mass is 32.1. The van der Waals surface area contributed by atoms with Crippen molar-refractivity contribution in [3.05, 3.63) is 51.5 Å². The Morgan fingerprint density at radius 2 is 2.00 bits per heavy atom. The minimum absolute atomic E-state index is 0.174. The summed E-state index contributed by atoms with van der Waals surface area (Å²) in [7, 11) is 0. The SMILES string of the molecule is Cc1ccc(Cc2nc(CCO)cs2)cc1. The van der Waals surface area contributed by atoms with Crippen molar-refractivity contribution in [3.8, 4) is 0 Å². The normalized spacial score (nSPS) is 10.6. The fraction of sp³-hybridized carbons (Fsp3) is 0.308. The van der Waals surface area contributed by atoms with E-state index in [-0.39, 0.29) is 6.61 Å². The van der Waals surface area contributed by atoms with Crippen LogP contribution in [-0.4, -0.2) is 16.7 Å². The van der Waals surface area contributed by atoms with E-state index in [0.717, 1.165) is 17.1 Å². The second-order valence-electron chi connectivity index (χ2n) is 3.87. The highest BCUT2D eigenvalue weighted by Crippen LogP contribution is 2.15. The van der Waals surface area contributed by atoms with Crippen molar-refractivity contribution in [2.45, 2.75) is 19.8 Å². The van der Waals surface area contributed by atoms with Crippen LogP contribution in [0.3, 0.4) is 0 Å². The van der Waals surface area contributed by atoms with Gasteiger partial charge in [-0.2, -0.15) is 0 Å². The third-order valence-electron chi connectivity index (χ3n) is 2.44. The lowest BCUT2D eigenvalue weighted by atomic mass is 10.1. The van der Waals surface area contributed by atoms with Gasteiger partial charge in [0.1, 0.15) is 0 Å². The van der Waals surface area contributed by atoms with E-state index in [4.69, 9.17) is 5.11 Å². The largest absolute Gasteiger partial charge is 0.396 e. The first-order valence-corrected chi connectivity index (χ1v) is 6.25. The summed E-state index contributed by atoms with van der Waals surface area (Å²) in [5.41, 5.74) is 3.56. The third kappa shape index (κ3) is 2.90. The average molecular weight is 233 g/mol. The van der Waals surface area contributed by atoms with E-state index in [1.807, 2.05) is 5.38 Å². The van der Waals surface area contributed by atoms with Crippen molar-refractivity contribution in [2.75, 3.05) is 6.61 Å².